The van der Waals surface area contributed by atoms with E-state index in [0.29, 0.717) is 19.4 Å². The molecular formula is C61H119NO5. The maximum Gasteiger partial charge on any atom is 0.305 e. The summed E-state index contributed by atoms with van der Waals surface area (Å²) in [6.45, 7) is 4.91. The molecule has 2 unspecified atom stereocenters. The van der Waals surface area contributed by atoms with E-state index in [1.165, 1.54) is 257 Å². The van der Waals surface area contributed by atoms with Crippen molar-refractivity contribution in [1.82, 2.24) is 5.32 Å². The van der Waals surface area contributed by atoms with Gasteiger partial charge in [-0.2, -0.15) is 0 Å². The minimum atomic E-state index is -0.853. The van der Waals surface area contributed by atoms with E-state index in [1.54, 1.807) is 6.08 Å². The first-order valence-electron chi connectivity index (χ1n) is 30.5. The van der Waals surface area contributed by atoms with Crippen LogP contribution in [0.4, 0.5) is 0 Å². The van der Waals surface area contributed by atoms with E-state index in [-0.39, 0.29) is 18.5 Å². The summed E-state index contributed by atoms with van der Waals surface area (Å²) < 4.78 is 5.49. The summed E-state index contributed by atoms with van der Waals surface area (Å²) in [6, 6.07) is -0.637. The zero-order chi connectivity index (χ0) is 48.6. The lowest BCUT2D eigenvalue weighted by atomic mass is 10.0. The second-order valence-corrected chi connectivity index (χ2v) is 21.0. The molecule has 0 aliphatic heterocycles. The lowest BCUT2D eigenvalue weighted by molar-refractivity contribution is -0.143. The van der Waals surface area contributed by atoms with Crippen molar-refractivity contribution in [3.05, 3.63) is 12.2 Å². The number of esters is 1. The second kappa shape index (κ2) is 57.2. The van der Waals surface area contributed by atoms with E-state index in [4.69, 9.17) is 4.74 Å². The smallest absolute Gasteiger partial charge is 0.305 e. The molecule has 0 rings (SSSR count). The predicted octanol–water partition coefficient (Wildman–Crippen LogP) is 18.9. The van der Waals surface area contributed by atoms with Crippen LogP contribution in [0.1, 0.15) is 341 Å². The van der Waals surface area contributed by atoms with Gasteiger partial charge in [-0.1, -0.05) is 309 Å². The molecule has 0 aromatic carbocycles. The van der Waals surface area contributed by atoms with Crippen molar-refractivity contribution in [2.24, 2.45) is 0 Å². The van der Waals surface area contributed by atoms with Gasteiger partial charge >= 0.3 is 5.97 Å². The normalized spacial score (nSPS) is 12.6. The quantitative estimate of drug-likeness (QED) is 0.0321. The summed E-state index contributed by atoms with van der Waals surface area (Å²) in [6.07, 6.45) is 68.1. The lowest BCUT2D eigenvalue weighted by Crippen LogP contribution is -2.45. The molecule has 0 spiro atoms. The minimum absolute atomic E-state index is 0.00194. The van der Waals surface area contributed by atoms with Gasteiger partial charge in [0.15, 0.2) is 0 Å². The molecule has 0 fully saturated rings. The number of rotatable bonds is 57. The van der Waals surface area contributed by atoms with E-state index in [0.717, 1.165) is 57.8 Å². The molecule has 1 amide bonds. The van der Waals surface area contributed by atoms with Crippen LogP contribution < -0.4 is 5.32 Å². The Morgan fingerprint density at radius 1 is 0.403 bits per heavy atom. The number of aliphatic hydroxyl groups is 2. The third-order valence-corrected chi connectivity index (χ3v) is 14.3. The van der Waals surface area contributed by atoms with Crippen molar-refractivity contribution >= 4 is 11.9 Å². The lowest BCUT2D eigenvalue weighted by Gasteiger charge is -2.20. The van der Waals surface area contributed by atoms with Gasteiger partial charge in [-0.3, -0.25) is 9.59 Å². The topological polar surface area (TPSA) is 95.9 Å². The molecule has 3 N–H and O–H groups in total. The van der Waals surface area contributed by atoms with Crippen LogP contribution in [0.5, 0.6) is 0 Å². The second-order valence-electron chi connectivity index (χ2n) is 21.0. The van der Waals surface area contributed by atoms with Crippen LogP contribution in [0.25, 0.3) is 0 Å². The van der Waals surface area contributed by atoms with E-state index in [9.17, 15) is 19.8 Å². The molecular weight excluding hydrogens is 827 g/mol. The number of amides is 1. The highest BCUT2D eigenvalue weighted by Crippen LogP contribution is 2.18. The Morgan fingerprint density at radius 3 is 1.01 bits per heavy atom. The number of aliphatic hydroxyl groups excluding tert-OH is 2. The molecule has 0 bridgehead atoms. The van der Waals surface area contributed by atoms with Crippen LogP contribution in [0.15, 0.2) is 12.2 Å². The van der Waals surface area contributed by atoms with Gasteiger partial charge < -0.3 is 20.3 Å². The molecule has 2 atom stereocenters. The van der Waals surface area contributed by atoms with Crippen molar-refractivity contribution < 1.29 is 24.5 Å². The maximum atomic E-state index is 12.5. The maximum absolute atomic E-state index is 12.5. The number of hydrogen-bond donors (Lipinski definition) is 3. The van der Waals surface area contributed by atoms with Gasteiger partial charge in [0.1, 0.15) is 0 Å². The third kappa shape index (κ3) is 53.8. The van der Waals surface area contributed by atoms with Crippen LogP contribution in [-0.4, -0.2) is 47.4 Å². The Hall–Kier alpha value is -1.40. The Kier molecular flexibility index (Phi) is 56.0. The monoisotopic (exact) mass is 946 g/mol. The van der Waals surface area contributed by atoms with E-state index in [1.807, 2.05) is 6.08 Å². The van der Waals surface area contributed by atoms with E-state index in [2.05, 4.69) is 19.2 Å². The van der Waals surface area contributed by atoms with Gasteiger partial charge in [0.2, 0.25) is 5.91 Å². The first-order valence-corrected chi connectivity index (χ1v) is 30.5. The molecule has 6 heteroatoms. The zero-order valence-corrected chi connectivity index (χ0v) is 45.4. The van der Waals surface area contributed by atoms with Gasteiger partial charge in [-0.05, 0) is 32.1 Å². The van der Waals surface area contributed by atoms with Crippen LogP contribution in [-0.2, 0) is 14.3 Å². The molecule has 0 saturated heterocycles. The Balaban J connectivity index is 3.45. The summed E-state index contributed by atoms with van der Waals surface area (Å²) in [5.74, 6) is -0.0789. The average molecular weight is 947 g/mol. The van der Waals surface area contributed by atoms with Crippen molar-refractivity contribution in [3.63, 3.8) is 0 Å². The number of carbonyl (C=O) groups is 2. The van der Waals surface area contributed by atoms with E-state index >= 15 is 0 Å². The molecule has 0 radical (unpaired) electrons. The number of unbranched alkanes of at least 4 members (excludes halogenated alkanes) is 46. The van der Waals surface area contributed by atoms with Gasteiger partial charge in [0, 0.05) is 12.8 Å². The summed E-state index contributed by atoms with van der Waals surface area (Å²) in [5.41, 5.74) is 0. The standard InChI is InChI=1S/C61H119NO5/c1-3-5-7-9-11-13-15-17-19-21-22-23-25-26-29-33-37-41-45-49-53-59(64)58(57-63)62-60(65)54-50-46-42-38-34-30-28-32-36-40-44-48-52-56-67-61(66)55-51-47-43-39-35-31-27-24-20-18-16-14-12-10-8-6-4-2/h49,53,58-59,63-64H,3-48,50-52,54-57H2,1-2H3,(H,62,65)/b53-49+. The molecule has 0 heterocycles. The fourth-order valence-electron chi connectivity index (χ4n) is 9.64. The first kappa shape index (κ1) is 65.6. The molecule has 398 valence electrons. The van der Waals surface area contributed by atoms with E-state index < -0.39 is 12.1 Å². The summed E-state index contributed by atoms with van der Waals surface area (Å²) in [5, 5.41) is 23.2. The van der Waals surface area contributed by atoms with Crippen molar-refractivity contribution in [2.75, 3.05) is 13.2 Å². The van der Waals surface area contributed by atoms with Crippen LogP contribution in [0.2, 0.25) is 0 Å². The molecule has 0 aromatic heterocycles. The summed E-state index contributed by atoms with van der Waals surface area (Å²) in [7, 11) is 0. The van der Waals surface area contributed by atoms with Crippen LogP contribution in [0, 0.1) is 0 Å². The van der Waals surface area contributed by atoms with Crippen LogP contribution in [0.3, 0.4) is 0 Å². The SMILES string of the molecule is CCCCCCCCCCCCCCCCCCCC/C=C/C(O)C(CO)NC(=O)CCCCCCCCCCCCCCCOC(=O)CCCCCCCCCCCCCCCCCCC. The number of nitrogens with one attached hydrogen (secondary N) is 1. The Labute approximate surface area is 419 Å². The highest BCUT2D eigenvalue weighted by Gasteiger charge is 2.18. The predicted molar refractivity (Wildman–Crippen MR) is 292 cm³/mol. The van der Waals surface area contributed by atoms with Crippen molar-refractivity contribution in [3.8, 4) is 0 Å². The van der Waals surface area contributed by atoms with Gasteiger partial charge in [-0.25, -0.2) is 0 Å². The number of ether oxygens (including phenoxy) is 1. The molecule has 6 nitrogen and oxygen atoms in total. The fraction of sp³-hybridized carbons (Fsp3) is 0.934. The molecule has 0 aliphatic carbocycles. The highest BCUT2D eigenvalue weighted by molar-refractivity contribution is 5.76. The van der Waals surface area contributed by atoms with Gasteiger partial charge in [0.05, 0.1) is 25.4 Å². The van der Waals surface area contributed by atoms with Gasteiger partial charge in [0.25, 0.3) is 0 Å². The number of hydrogen-bond acceptors (Lipinski definition) is 5. The molecule has 0 aliphatic rings. The summed E-state index contributed by atoms with van der Waals surface area (Å²) >= 11 is 0. The highest BCUT2D eigenvalue weighted by atomic mass is 16.5. The molecule has 0 saturated carbocycles. The van der Waals surface area contributed by atoms with Gasteiger partial charge in [-0.15, -0.1) is 0 Å². The Morgan fingerprint density at radius 2 is 0.687 bits per heavy atom. The number of carbonyl (C=O) groups excluding carboxylic acids is 2. The van der Waals surface area contributed by atoms with Crippen molar-refractivity contribution in [1.29, 1.82) is 0 Å². The third-order valence-electron chi connectivity index (χ3n) is 14.3. The van der Waals surface area contributed by atoms with Crippen LogP contribution >= 0.6 is 0 Å². The fourth-order valence-corrected chi connectivity index (χ4v) is 9.64. The first-order chi connectivity index (χ1) is 33.0. The summed E-state index contributed by atoms with van der Waals surface area (Å²) in [4.78, 5) is 24.6. The Bertz CT molecular complexity index is 1000. The zero-order valence-electron chi connectivity index (χ0n) is 45.4. The largest absolute Gasteiger partial charge is 0.466 e. The molecule has 0 aromatic rings. The molecule has 67 heavy (non-hydrogen) atoms. The average Bonchev–Trinajstić information content (AvgIpc) is 3.33. The van der Waals surface area contributed by atoms with Crippen molar-refractivity contribution in [2.45, 2.75) is 353 Å². The number of allylic oxidation sites excluding steroid dienone is 1. The minimum Gasteiger partial charge on any atom is -0.466 e.